The van der Waals surface area contributed by atoms with E-state index in [2.05, 4.69) is 27.8 Å². The second kappa shape index (κ2) is 5.18. The summed E-state index contributed by atoms with van der Waals surface area (Å²) in [7, 11) is 0. The van der Waals surface area contributed by atoms with Crippen LogP contribution in [0.25, 0.3) is 0 Å². The van der Waals surface area contributed by atoms with Crippen molar-refractivity contribution >= 4 is 15.9 Å². The quantitative estimate of drug-likeness (QED) is 0.689. The van der Waals surface area contributed by atoms with E-state index in [0.717, 1.165) is 6.04 Å². The first kappa shape index (κ1) is 11.9. The molecule has 0 aliphatic heterocycles. The maximum Gasteiger partial charge on any atom is 0.0100 e. The summed E-state index contributed by atoms with van der Waals surface area (Å²) >= 11 is 3.77. The van der Waals surface area contributed by atoms with Gasteiger partial charge in [0, 0.05) is 17.9 Å². The Hall–Kier alpha value is 0.440. The summed E-state index contributed by atoms with van der Waals surface area (Å²) in [6.45, 7) is 4.92. The van der Waals surface area contributed by atoms with Crippen molar-refractivity contribution in [3.63, 3.8) is 0 Å². The van der Waals surface area contributed by atoms with Gasteiger partial charge in [-0.1, -0.05) is 42.1 Å². The van der Waals surface area contributed by atoms with E-state index in [1.807, 2.05) is 0 Å². The second-order valence-electron chi connectivity index (χ2n) is 5.49. The lowest BCUT2D eigenvalue weighted by Crippen LogP contribution is -2.41. The van der Waals surface area contributed by atoms with Crippen molar-refractivity contribution in [3.05, 3.63) is 0 Å². The van der Waals surface area contributed by atoms with Gasteiger partial charge >= 0.3 is 0 Å². The van der Waals surface area contributed by atoms with Crippen molar-refractivity contribution in [2.45, 2.75) is 57.9 Å². The summed E-state index contributed by atoms with van der Waals surface area (Å²) in [5.74, 6) is 0. The monoisotopic (exact) mass is 273 g/mol. The van der Waals surface area contributed by atoms with Crippen LogP contribution in [0.15, 0.2) is 0 Å². The van der Waals surface area contributed by atoms with Crippen LogP contribution in [0.5, 0.6) is 0 Å². The highest BCUT2D eigenvalue weighted by Crippen LogP contribution is 2.40. The molecule has 2 heteroatoms. The molecule has 0 spiro atoms. The Morgan fingerprint density at radius 2 is 1.87 bits per heavy atom. The third kappa shape index (κ3) is 2.97. The van der Waals surface area contributed by atoms with Gasteiger partial charge in [-0.25, -0.2) is 0 Å². The van der Waals surface area contributed by atoms with E-state index in [1.165, 1.54) is 63.4 Å². The smallest absolute Gasteiger partial charge is 0.0100 e. The molecule has 0 N–H and O–H groups in total. The molecule has 88 valence electrons. The minimum atomic E-state index is 0.608. The van der Waals surface area contributed by atoms with E-state index < -0.39 is 0 Å². The second-order valence-corrected chi connectivity index (χ2v) is 6.05. The molecule has 2 rings (SSSR count). The Kier molecular flexibility index (Phi) is 4.11. The highest BCUT2D eigenvalue weighted by Gasteiger charge is 2.37. The third-order valence-corrected chi connectivity index (χ3v) is 5.40. The predicted octanol–water partition coefficient (Wildman–Crippen LogP) is 3.82. The van der Waals surface area contributed by atoms with E-state index in [4.69, 9.17) is 0 Å². The lowest BCUT2D eigenvalue weighted by Gasteiger charge is -2.40. The molecule has 0 amide bonds. The van der Waals surface area contributed by atoms with E-state index >= 15 is 0 Å². The van der Waals surface area contributed by atoms with Gasteiger partial charge < -0.3 is 4.90 Å². The minimum absolute atomic E-state index is 0.608. The Morgan fingerprint density at radius 1 is 1.20 bits per heavy atom. The van der Waals surface area contributed by atoms with Gasteiger partial charge in [0.05, 0.1) is 0 Å². The Labute approximate surface area is 103 Å². The molecule has 0 aromatic carbocycles. The number of hydrogen-bond donors (Lipinski definition) is 0. The molecule has 0 bridgehead atoms. The first-order valence-corrected chi connectivity index (χ1v) is 7.72. The predicted molar refractivity (Wildman–Crippen MR) is 69.6 cm³/mol. The number of halogens is 1. The van der Waals surface area contributed by atoms with Crippen LogP contribution in [0.3, 0.4) is 0 Å². The zero-order valence-electron chi connectivity index (χ0n) is 9.97. The Bertz CT molecular complexity index is 195. The van der Waals surface area contributed by atoms with Crippen LogP contribution in [0, 0.1) is 5.41 Å². The average molecular weight is 274 g/mol. The van der Waals surface area contributed by atoms with Gasteiger partial charge in [-0.15, -0.1) is 0 Å². The molecule has 2 aliphatic rings. The van der Waals surface area contributed by atoms with E-state index in [9.17, 15) is 0 Å². The molecule has 0 aromatic heterocycles. The van der Waals surface area contributed by atoms with Crippen molar-refractivity contribution in [2.75, 3.05) is 18.4 Å². The maximum absolute atomic E-state index is 3.77. The number of alkyl halides is 1. The topological polar surface area (TPSA) is 3.24 Å². The summed E-state index contributed by atoms with van der Waals surface area (Å²) in [5.41, 5.74) is 0.608. The van der Waals surface area contributed by atoms with Crippen LogP contribution in [0.4, 0.5) is 0 Å². The maximum atomic E-state index is 3.77. The molecule has 0 heterocycles. The van der Waals surface area contributed by atoms with Crippen LogP contribution in [-0.2, 0) is 0 Å². The highest BCUT2D eigenvalue weighted by atomic mass is 79.9. The molecule has 0 saturated heterocycles. The standard InChI is InChI=1S/C13H24BrN/c1-2-15(12-6-7-12)11-13(10-14)8-4-3-5-9-13/h12H,2-11H2,1H3. The first-order chi connectivity index (χ1) is 7.29. The molecule has 0 atom stereocenters. The fourth-order valence-electron chi connectivity index (χ4n) is 3.01. The van der Waals surface area contributed by atoms with Gasteiger partial charge in [-0.2, -0.15) is 0 Å². The summed E-state index contributed by atoms with van der Waals surface area (Å²) < 4.78 is 0. The largest absolute Gasteiger partial charge is 0.300 e. The molecular weight excluding hydrogens is 250 g/mol. The van der Waals surface area contributed by atoms with Crippen LogP contribution in [-0.4, -0.2) is 29.4 Å². The Balaban J connectivity index is 1.92. The molecule has 15 heavy (non-hydrogen) atoms. The summed E-state index contributed by atoms with van der Waals surface area (Å²) in [6, 6.07) is 0.938. The van der Waals surface area contributed by atoms with Crippen LogP contribution >= 0.6 is 15.9 Å². The lowest BCUT2D eigenvalue weighted by molar-refractivity contribution is 0.125. The van der Waals surface area contributed by atoms with Crippen molar-refractivity contribution in [1.29, 1.82) is 0 Å². The normalized spacial score (nSPS) is 25.8. The van der Waals surface area contributed by atoms with Crippen molar-refractivity contribution < 1.29 is 0 Å². The van der Waals surface area contributed by atoms with Crippen molar-refractivity contribution in [3.8, 4) is 0 Å². The van der Waals surface area contributed by atoms with Crippen LogP contribution in [0.1, 0.15) is 51.9 Å². The molecule has 0 radical (unpaired) electrons. The summed E-state index contributed by atoms with van der Waals surface area (Å²) in [4.78, 5) is 2.73. The first-order valence-electron chi connectivity index (χ1n) is 6.60. The van der Waals surface area contributed by atoms with Crippen molar-refractivity contribution in [2.24, 2.45) is 5.41 Å². The Morgan fingerprint density at radius 3 is 2.33 bits per heavy atom. The molecule has 2 aliphatic carbocycles. The van der Waals surface area contributed by atoms with Gasteiger partial charge in [0.15, 0.2) is 0 Å². The zero-order chi connectivity index (χ0) is 10.7. The minimum Gasteiger partial charge on any atom is -0.300 e. The molecule has 2 saturated carbocycles. The molecule has 0 aromatic rings. The van der Waals surface area contributed by atoms with Gasteiger partial charge in [0.1, 0.15) is 0 Å². The average Bonchev–Trinajstić information content (AvgIpc) is 3.11. The van der Waals surface area contributed by atoms with Gasteiger partial charge in [0.2, 0.25) is 0 Å². The third-order valence-electron chi connectivity index (χ3n) is 4.21. The summed E-state index contributed by atoms with van der Waals surface area (Å²) in [6.07, 6.45) is 10.2. The van der Waals surface area contributed by atoms with Gasteiger partial charge in [-0.3, -0.25) is 0 Å². The molecule has 0 unspecified atom stereocenters. The number of rotatable bonds is 5. The lowest BCUT2D eigenvalue weighted by atomic mass is 9.75. The highest BCUT2D eigenvalue weighted by molar-refractivity contribution is 9.09. The molecular formula is C13H24BrN. The molecule has 1 nitrogen and oxygen atoms in total. The fourth-order valence-corrected chi connectivity index (χ4v) is 3.74. The van der Waals surface area contributed by atoms with Crippen LogP contribution in [0.2, 0.25) is 0 Å². The van der Waals surface area contributed by atoms with Crippen LogP contribution < -0.4 is 0 Å². The molecule has 2 fully saturated rings. The van der Waals surface area contributed by atoms with Crippen molar-refractivity contribution in [1.82, 2.24) is 4.90 Å². The zero-order valence-corrected chi connectivity index (χ0v) is 11.6. The van der Waals surface area contributed by atoms with Gasteiger partial charge in [-0.05, 0) is 37.6 Å². The number of hydrogen-bond acceptors (Lipinski definition) is 1. The summed E-state index contributed by atoms with van der Waals surface area (Å²) in [5, 5.41) is 1.21. The fraction of sp³-hybridized carbons (Fsp3) is 1.00. The van der Waals surface area contributed by atoms with Gasteiger partial charge in [0.25, 0.3) is 0 Å². The van der Waals surface area contributed by atoms with E-state index in [1.54, 1.807) is 0 Å². The van der Waals surface area contributed by atoms with E-state index in [0.29, 0.717) is 5.41 Å². The van der Waals surface area contributed by atoms with E-state index in [-0.39, 0.29) is 0 Å². The SMILES string of the molecule is CCN(CC1(CBr)CCCCC1)C1CC1. The number of nitrogens with zero attached hydrogens (tertiary/aromatic N) is 1.